The fraction of sp³-hybridized carbons (Fsp3) is 0.933. The lowest BCUT2D eigenvalue weighted by atomic mass is 9.76. The maximum absolute atomic E-state index is 12.2. The van der Waals surface area contributed by atoms with Gasteiger partial charge in [-0.2, -0.15) is 0 Å². The van der Waals surface area contributed by atoms with Gasteiger partial charge in [0, 0.05) is 18.9 Å². The second-order valence-electron chi connectivity index (χ2n) is 7.05. The second-order valence-corrected chi connectivity index (χ2v) is 7.05. The first-order valence-electron chi connectivity index (χ1n) is 7.14. The summed E-state index contributed by atoms with van der Waals surface area (Å²) in [7, 11) is 0. The molecule has 0 heterocycles. The molecule has 0 saturated heterocycles. The minimum atomic E-state index is 0.0529. The molecule has 0 aliphatic heterocycles. The van der Waals surface area contributed by atoms with Gasteiger partial charge in [-0.25, -0.2) is 0 Å². The van der Waals surface area contributed by atoms with E-state index in [-0.39, 0.29) is 17.9 Å². The first-order chi connectivity index (χ1) is 8.00. The van der Waals surface area contributed by atoms with E-state index in [9.17, 15) is 9.90 Å². The lowest BCUT2D eigenvalue weighted by molar-refractivity contribution is -0.124. The van der Waals surface area contributed by atoms with Gasteiger partial charge in [-0.15, -0.1) is 0 Å². The Hall–Kier alpha value is -0.370. The zero-order chi connectivity index (χ0) is 12.4. The van der Waals surface area contributed by atoms with Crippen molar-refractivity contribution in [1.29, 1.82) is 0 Å². The third-order valence-electron chi connectivity index (χ3n) is 6.37. The number of hydrogen-bond donors (Lipinski definition) is 1. The molecule has 0 unspecified atom stereocenters. The van der Waals surface area contributed by atoms with Crippen molar-refractivity contribution in [3.05, 3.63) is 0 Å². The monoisotopic (exact) mass is 236 g/mol. The highest BCUT2D eigenvalue weighted by atomic mass is 16.3. The van der Waals surface area contributed by atoms with E-state index in [0.717, 1.165) is 12.3 Å². The van der Waals surface area contributed by atoms with Gasteiger partial charge < -0.3 is 5.11 Å². The van der Waals surface area contributed by atoms with Crippen LogP contribution in [0.3, 0.4) is 0 Å². The van der Waals surface area contributed by atoms with Crippen LogP contribution in [0.5, 0.6) is 0 Å². The zero-order valence-corrected chi connectivity index (χ0v) is 11.1. The maximum atomic E-state index is 12.2. The third kappa shape index (κ3) is 1.39. The molecule has 0 amide bonds. The second kappa shape index (κ2) is 3.57. The third-order valence-corrected chi connectivity index (χ3v) is 6.37. The lowest BCUT2D eigenvalue weighted by Gasteiger charge is -2.28. The van der Waals surface area contributed by atoms with Gasteiger partial charge in [0.15, 0.2) is 0 Å². The number of carbonyl (C=O) groups is 1. The largest absolute Gasteiger partial charge is 0.396 e. The molecule has 0 radical (unpaired) electrons. The van der Waals surface area contributed by atoms with E-state index in [1.165, 1.54) is 12.8 Å². The molecule has 17 heavy (non-hydrogen) atoms. The van der Waals surface area contributed by atoms with Crippen LogP contribution in [0.15, 0.2) is 0 Å². The van der Waals surface area contributed by atoms with E-state index in [4.69, 9.17) is 0 Å². The minimum absolute atomic E-state index is 0.0529. The number of fused-ring (bicyclic) bond motifs is 3. The van der Waals surface area contributed by atoms with Crippen molar-refractivity contribution in [2.24, 2.45) is 40.9 Å². The van der Waals surface area contributed by atoms with Crippen molar-refractivity contribution < 1.29 is 9.90 Å². The summed E-state index contributed by atoms with van der Waals surface area (Å²) in [6.07, 6.45) is 3.23. The van der Waals surface area contributed by atoms with Crippen molar-refractivity contribution in [3.8, 4) is 0 Å². The molecule has 7 atom stereocenters. The molecule has 2 nitrogen and oxygen atoms in total. The topological polar surface area (TPSA) is 37.3 Å². The average molecular weight is 236 g/mol. The summed E-state index contributed by atoms with van der Waals surface area (Å²) in [6, 6.07) is 0. The molecule has 3 rings (SSSR count). The summed E-state index contributed by atoms with van der Waals surface area (Å²) < 4.78 is 0. The Kier molecular flexibility index (Phi) is 2.46. The quantitative estimate of drug-likeness (QED) is 0.759. The summed E-state index contributed by atoms with van der Waals surface area (Å²) >= 11 is 0. The first-order valence-corrected chi connectivity index (χ1v) is 7.14. The van der Waals surface area contributed by atoms with Gasteiger partial charge in [0.1, 0.15) is 5.78 Å². The van der Waals surface area contributed by atoms with Crippen molar-refractivity contribution in [2.45, 2.75) is 40.0 Å². The molecule has 3 aliphatic rings. The molecule has 1 N–H and O–H groups in total. The lowest BCUT2D eigenvalue weighted by Crippen LogP contribution is -2.28. The van der Waals surface area contributed by atoms with E-state index < -0.39 is 0 Å². The number of aliphatic hydroxyl groups excluding tert-OH is 1. The Morgan fingerprint density at radius 2 is 2.06 bits per heavy atom. The van der Waals surface area contributed by atoms with Crippen LogP contribution >= 0.6 is 0 Å². The van der Waals surface area contributed by atoms with Gasteiger partial charge >= 0.3 is 0 Å². The predicted molar refractivity (Wildman–Crippen MR) is 66.3 cm³/mol. The SMILES string of the molecule is C[C@@H]1CC[C@@H]2[C@@H]1[C@H]1[C@@H](CC(=O)[C@@H]2C)[C@@]1(C)CO. The molecule has 0 aromatic heterocycles. The maximum Gasteiger partial charge on any atom is 0.136 e. The van der Waals surface area contributed by atoms with Crippen LogP contribution < -0.4 is 0 Å². The molecule has 0 aromatic rings. The molecule has 3 aliphatic carbocycles. The first kappa shape index (κ1) is 11.7. The molecule has 0 bridgehead atoms. The Bertz CT molecular complexity index is 351. The minimum Gasteiger partial charge on any atom is -0.396 e. The molecule has 0 aromatic carbocycles. The van der Waals surface area contributed by atoms with Gasteiger partial charge in [0.25, 0.3) is 0 Å². The van der Waals surface area contributed by atoms with Crippen LogP contribution in [0.25, 0.3) is 0 Å². The summed E-state index contributed by atoms with van der Waals surface area (Å²) in [5.74, 6) is 3.84. The molecular weight excluding hydrogens is 212 g/mol. The van der Waals surface area contributed by atoms with E-state index in [1.54, 1.807) is 0 Å². The van der Waals surface area contributed by atoms with Crippen LogP contribution in [0.1, 0.15) is 40.0 Å². The average Bonchev–Trinajstić information content (AvgIpc) is 2.72. The Balaban J connectivity index is 1.95. The van der Waals surface area contributed by atoms with Crippen molar-refractivity contribution in [3.63, 3.8) is 0 Å². The van der Waals surface area contributed by atoms with Gasteiger partial charge in [-0.1, -0.05) is 27.2 Å². The number of rotatable bonds is 1. The highest BCUT2D eigenvalue weighted by molar-refractivity contribution is 5.82. The number of Topliss-reactive ketones (excluding diaryl/α,β-unsaturated/α-hetero) is 1. The number of aliphatic hydroxyl groups is 1. The van der Waals surface area contributed by atoms with Gasteiger partial charge in [-0.05, 0) is 41.4 Å². The van der Waals surface area contributed by atoms with E-state index >= 15 is 0 Å². The highest BCUT2D eigenvalue weighted by Gasteiger charge is 2.68. The van der Waals surface area contributed by atoms with E-state index in [2.05, 4.69) is 20.8 Å². The molecule has 3 saturated carbocycles. The zero-order valence-electron chi connectivity index (χ0n) is 11.1. The number of ketones is 1. The summed E-state index contributed by atoms with van der Waals surface area (Å²) in [6.45, 7) is 6.94. The normalized spacial score (nSPS) is 57.3. The fourth-order valence-corrected chi connectivity index (χ4v) is 5.10. The number of carbonyl (C=O) groups excluding carboxylic acids is 1. The Labute approximate surface area is 104 Å². The van der Waals surface area contributed by atoms with Crippen molar-refractivity contribution >= 4 is 5.78 Å². The standard InChI is InChI=1S/C15H24O2/c1-8-4-5-10-9(2)12(17)6-11-14(13(8)10)15(11,3)7-16/h8-11,13-14,16H,4-7H2,1-3H3/t8-,9-,10+,11-,13-,14-,15-/m1/s1. The molecule has 0 spiro atoms. The highest BCUT2D eigenvalue weighted by Crippen LogP contribution is 2.70. The van der Waals surface area contributed by atoms with Crippen LogP contribution in [-0.4, -0.2) is 17.5 Å². The van der Waals surface area contributed by atoms with Gasteiger partial charge in [-0.3, -0.25) is 4.79 Å². The Morgan fingerprint density at radius 3 is 2.71 bits per heavy atom. The fourth-order valence-electron chi connectivity index (χ4n) is 5.10. The summed E-state index contributed by atoms with van der Waals surface area (Å²) in [4.78, 5) is 12.2. The van der Waals surface area contributed by atoms with E-state index in [1.807, 2.05) is 0 Å². The van der Waals surface area contributed by atoms with Crippen LogP contribution in [0.2, 0.25) is 0 Å². The Morgan fingerprint density at radius 1 is 1.35 bits per heavy atom. The van der Waals surface area contributed by atoms with E-state index in [0.29, 0.717) is 29.5 Å². The predicted octanol–water partition coefficient (Wildman–Crippen LogP) is 2.50. The smallest absolute Gasteiger partial charge is 0.136 e. The molecular formula is C15H24O2. The van der Waals surface area contributed by atoms with Crippen LogP contribution in [0.4, 0.5) is 0 Å². The number of hydrogen-bond acceptors (Lipinski definition) is 2. The van der Waals surface area contributed by atoms with Crippen LogP contribution in [-0.2, 0) is 4.79 Å². The van der Waals surface area contributed by atoms with Crippen molar-refractivity contribution in [1.82, 2.24) is 0 Å². The van der Waals surface area contributed by atoms with Crippen LogP contribution in [0, 0.1) is 40.9 Å². The molecule has 96 valence electrons. The summed E-state index contributed by atoms with van der Waals surface area (Å²) in [5, 5.41) is 9.64. The molecule has 2 heteroatoms. The summed E-state index contributed by atoms with van der Waals surface area (Å²) in [5.41, 5.74) is 0.0529. The van der Waals surface area contributed by atoms with Crippen molar-refractivity contribution in [2.75, 3.05) is 6.61 Å². The van der Waals surface area contributed by atoms with Gasteiger partial charge in [0.05, 0.1) is 0 Å². The molecule has 3 fully saturated rings. The van der Waals surface area contributed by atoms with Gasteiger partial charge in [0.2, 0.25) is 0 Å².